The van der Waals surface area contributed by atoms with E-state index in [2.05, 4.69) is 5.32 Å². The summed E-state index contributed by atoms with van der Waals surface area (Å²) in [6.07, 6.45) is 6.70. The lowest BCUT2D eigenvalue weighted by Gasteiger charge is -2.22. The summed E-state index contributed by atoms with van der Waals surface area (Å²) in [7, 11) is 0. The summed E-state index contributed by atoms with van der Waals surface area (Å²) in [4.78, 5) is 23.2. The van der Waals surface area contributed by atoms with Gasteiger partial charge in [-0.3, -0.25) is 9.59 Å². The zero-order valence-corrected chi connectivity index (χ0v) is 14.5. The van der Waals surface area contributed by atoms with Crippen molar-refractivity contribution in [2.75, 3.05) is 5.32 Å². The van der Waals surface area contributed by atoms with E-state index in [1.54, 1.807) is 0 Å². The number of anilines is 1. The van der Waals surface area contributed by atoms with Crippen LogP contribution in [0.5, 0.6) is 0 Å². The van der Waals surface area contributed by atoms with E-state index in [0.29, 0.717) is 17.9 Å². The Hall–Kier alpha value is -2.20. The molecule has 0 saturated heterocycles. The van der Waals surface area contributed by atoms with Gasteiger partial charge in [-0.2, -0.15) is 0 Å². The summed E-state index contributed by atoms with van der Waals surface area (Å²) < 4.78 is 13.7. The standard InChI is InChI=1S/C20H19ClFNO2/c21-19-16(12-24)10-15(11-18(19)22)20(25)23-17-8-6-14(7-9-17)13-4-2-1-3-5-13/h6-13H,1-5H2,(H,23,25). The Bertz CT molecular complexity index is 783. The topological polar surface area (TPSA) is 46.2 Å². The molecule has 1 fully saturated rings. The molecule has 0 bridgehead atoms. The first kappa shape index (κ1) is 17.6. The summed E-state index contributed by atoms with van der Waals surface area (Å²) in [5.41, 5.74) is 1.94. The minimum absolute atomic E-state index is 0.0422. The van der Waals surface area contributed by atoms with E-state index >= 15 is 0 Å². The molecule has 1 amide bonds. The van der Waals surface area contributed by atoms with Gasteiger partial charge in [0, 0.05) is 16.8 Å². The first-order valence-electron chi connectivity index (χ1n) is 8.44. The van der Waals surface area contributed by atoms with E-state index in [1.165, 1.54) is 43.7 Å². The van der Waals surface area contributed by atoms with E-state index in [9.17, 15) is 14.0 Å². The Balaban J connectivity index is 1.72. The van der Waals surface area contributed by atoms with Crippen LogP contribution in [-0.2, 0) is 0 Å². The number of nitrogens with one attached hydrogen (secondary N) is 1. The first-order chi connectivity index (χ1) is 12.1. The second kappa shape index (κ2) is 7.79. The van der Waals surface area contributed by atoms with E-state index in [1.807, 2.05) is 24.3 Å². The molecular formula is C20H19ClFNO2. The predicted octanol–water partition coefficient (Wildman–Crippen LogP) is 5.59. The maximum Gasteiger partial charge on any atom is 0.255 e. The lowest BCUT2D eigenvalue weighted by Crippen LogP contribution is -2.13. The van der Waals surface area contributed by atoms with Crippen molar-refractivity contribution in [3.8, 4) is 0 Å². The smallest absolute Gasteiger partial charge is 0.255 e. The molecule has 3 rings (SSSR count). The van der Waals surface area contributed by atoms with E-state index in [0.717, 1.165) is 6.07 Å². The van der Waals surface area contributed by atoms with Gasteiger partial charge in [0.1, 0.15) is 5.82 Å². The van der Waals surface area contributed by atoms with Crippen LogP contribution < -0.4 is 5.32 Å². The molecule has 0 radical (unpaired) electrons. The van der Waals surface area contributed by atoms with Crippen LogP contribution in [0.15, 0.2) is 36.4 Å². The summed E-state index contributed by atoms with van der Waals surface area (Å²) in [6, 6.07) is 10.1. The maximum absolute atomic E-state index is 13.7. The second-order valence-corrected chi connectivity index (χ2v) is 6.77. The predicted molar refractivity (Wildman–Crippen MR) is 97.0 cm³/mol. The molecule has 0 atom stereocenters. The zero-order valence-electron chi connectivity index (χ0n) is 13.7. The number of benzene rings is 2. The highest BCUT2D eigenvalue weighted by Crippen LogP contribution is 2.33. The quantitative estimate of drug-likeness (QED) is 0.723. The van der Waals surface area contributed by atoms with Crippen molar-refractivity contribution in [1.82, 2.24) is 0 Å². The summed E-state index contributed by atoms with van der Waals surface area (Å²) in [5, 5.41) is 2.45. The van der Waals surface area contributed by atoms with Gasteiger partial charge < -0.3 is 5.32 Å². The Morgan fingerprint density at radius 2 is 1.80 bits per heavy atom. The van der Waals surface area contributed by atoms with Crippen LogP contribution in [0, 0.1) is 5.82 Å². The van der Waals surface area contributed by atoms with Crippen LogP contribution >= 0.6 is 11.6 Å². The fourth-order valence-electron chi connectivity index (χ4n) is 3.30. The van der Waals surface area contributed by atoms with Crippen molar-refractivity contribution in [2.45, 2.75) is 38.0 Å². The molecule has 2 aromatic carbocycles. The van der Waals surface area contributed by atoms with Gasteiger partial charge in [0.2, 0.25) is 0 Å². The average molecular weight is 360 g/mol. The van der Waals surface area contributed by atoms with Crippen LogP contribution in [0.3, 0.4) is 0 Å². The number of amides is 1. The minimum Gasteiger partial charge on any atom is -0.322 e. The molecular weight excluding hydrogens is 341 g/mol. The molecule has 2 aromatic rings. The number of carbonyl (C=O) groups is 2. The number of rotatable bonds is 4. The van der Waals surface area contributed by atoms with E-state index < -0.39 is 11.7 Å². The van der Waals surface area contributed by atoms with Crippen molar-refractivity contribution in [1.29, 1.82) is 0 Å². The first-order valence-corrected chi connectivity index (χ1v) is 8.82. The molecule has 5 heteroatoms. The largest absolute Gasteiger partial charge is 0.322 e. The van der Waals surface area contributed by atoms with Crippen molar-refractivity contribution in [3.63, 3.8) is 0 Å². The van der Waals surface area contributed by atoms with Crippen molar-refractivity contribution in [2.24, 2.45) is 0 Å². The van der Waals surface area contributed by atoms with Crippen LogP contribution in [0.25, 0.3) is 0 Å². The third kappa shape index (κ3) is 4.07. The third-order valence-corrected chi connectivity index (χ3v) is 5.09. The Kier molecular flexibility index (Phi) is 5.49. The van der Waals surface area contributed by atoms with Crippen LogP contribution in [0.1, 0.15) is 64.3 Å². The molecule has 0 aliphatic heterocycles. The molecule has 0 spiro atoms. The van der Waals surface area contributed by atoms with Gasteiger partial charge in [0.05, 0.1) is 5.02 Å². The van der Waals surface area contributed by atoms with Crippen LogP contribution in [0.2, 0.25) is 5.02 Å². The molecule has 25 heavy (non-hydrogen) atoms. The Labute approximate surface area is 151 Å². The van der Waals surface area contributed by atoms with Gasteiger partial charge in [0.15, 0.2) is 6.29 Å². The summed E-state index contributed by atoms with van der Waals surface area (Å²) >= 11 is 5.68. The molecule has 0 heterocycles. The second-order valence-electron chi connectivity index (χ2n) is 6.39. The zero-order chi connectivity index (χ0) is 17.8. The van der Waals surface area contributed by atoms with Crippen molar-refractivity contribution >= 4 is 29.5 Å². The van der Waals surface area contributed by atoms with Gasteiger partial charge in [-0.1, -0.05) is 43.0 Å². The van der Waals surface area contributed by atoms with E-state index in [4.69, 9.17) is 11.6 Å². The number of halogens is 2. The fraction of sp³-hybridized carbons (Fsp3) is 0.300. The molecule has 1 aliphatic rings. The molecule has 1 saturated carbocycles. The normalized spacial score (nSPS) is 15.0. The van der Waals surface area contributed by atoms with Crippen LogP contribution in [-0.4, -0.2) is 12.2 Å². The van der Waals surface area contributed by atoms with Gasteiger partial charge in [-0.15, -0.1) is 0 Å². The number of carbonyl (C=O) groups excluding carboxylic acids is 2. The Morgan fingerprint density at radius 1 is 1.12 bits per heavy atom. The fourth-order valence-corrected chi connectivity index (χ4v) is 3.46. The summed E-state index contributed by atoms with van der Waals surface area (Å²) in [5.74, 6) is -0.674. The SMILES string of the molecule is O=Cc1cc(C(=O)Nc2ccc(C3CCCCC3)cc2)cc(F)c1Cl. The number of hydrogen-bond acceptors (Lipinski definition) is 2. The molecule has 130 valence electrons. The maximum atomic E-state index is 13.7. The monoisotopic (exact) mass is 359 g/mol. The van der Waals surface area contributed by atoms with Gasteiger partial charge >= 0.3 is 0 Å². The van der Waals surface area contributed by atoms with Crippen LogP contribution in [0.4, 0.5) is 10.1 Å². The highest BCUT2D eigenvalue weighted by Gasteiger charge is 2.16. The molecule has 3 nitrogen and oxygen atoms in total. The lowest BCUT2D eigenvalue weighted by molar-refractivity contribution is 0.102. The number of hydrogen-bond donors (Lipinski definition) is 1. The van der Waals surface area contributed by atoms with Crippen molar-refractivity contribution < 1.29 is 14.0 Å². The van der Waals surface area contributed by atoms with Crippen molar-refractivity contribution in [3.05, 3.63) is 63.9 Å². The highest BCUT2D eigenvalue weighted by atomic mass is 35.5. The average Bonchev–Trinajstić information content (AvgIpc) is 2.65. The van der Waals surface area contributed by atoms with Gasteiger partial charge in [-0.25, -0.2) is 4.39 Å². The molecule has 1 aliphatic carbocycles. The molecule has 1 N–H and O–H groups in total. The highest BCUT2D eigenvalue weighted by molar-refractivity contribution is 6.33. The van der Waals surface area contributed by atoms with Gasteiger partial charge in [-0.05, 0) is 48.6 Å². The number of aldehydes is 1. The third-order valence-electron chi connectivity index (χ3n) is 4.69. The minimum atomic E-state index is -0.788. The van der Waals surface area contributed by atoms with E-state index in [-0.39, 0.29) is 16.1 Å². The summed E-state index contributed by atoms with van der Waals surface area (Å²) in [6.45, 7) is 0. The molecule has 0 aromatic heterocycles. The van der Waals surface area contributed by atoms with Gasteiger partial charge in [0.25, 0.3) is 5.91 Å². The molecule has 0 unspecified atom stereocenters. The Morgan fingerprint density at radius 3 is 2.44 bits per heavy atom. The lowest BCUT2D eigenvalue weighted by atomic mass is 9.84.